The molecule has 0 bridgehead atoms. The summed E-state index contributed by atoms with van der Waals surface area (Å²) in [5.41, 5.74) is 0. The van der Waals surface area contributed by atoms with Gasteiger partial charge in [-0.25, -0.2) is 14.7 Å². The molecule has 1 heterocycles. The van der Waals surface area contributed by atoms with Crippen LogP contribution in [-0.2, 0) is 4.79 Å². The monoisotopic (exact) mass is 198 g/mol. The first-order valence-corrected chi connectivity index (χ1v) is 2.74. The van der Waals surface area contributed by atoms with Crippen molar-refractivity contribution < 1.29 is 27.1 Å². The molecule has 0 unspecified atom stereocenters. The Morgan fingerprint density at radius 2 is 2.15 bits per heavy atom. The molecule has 9 heteroatoms. The van der Waals surface area contributed by atoms with Gasteiger partial charge in [0.1, 0.15) is 0 Å². The van der Waals surface area contributed by atoms with Crippen molar-refractivity contribution in [2.75, 3.05) is 0 Å². The lowest BCUT2D eigenvalue weighted by molar-refractivity contribution is -0.191. The Morgan fingerprint density at radius 1 is 1.54 bits per heavy atom. The fraction of sp³-hybridized carbons (Fsp3) is 0.250. The number of carbonyl (C=O) groups is 1. The first-order chi connectivity index (χ1) is 5.89. The lowest BCUT2D eigenvalue weighted by Gasteiger charge is -2.01. The Morgan fingerprint density at radius 3 is 2.54 bits per heavy atom. The van der Waals surface area contributed by atoms with Gasteiger partial charge in [-0.3, -0.25) is 0 Å². The fourth-order valence-corrected chi connectivity index (χ4v) is 0.397. The Hall–Kier alpha value is -1.80. The molecule has 0 aromatic carbocycles. The number of aromatic amines is 1. The van der Waals surface area contributed by atoms with Crippen LogP contribution in [0.2, 0.25) is 0 Å². The van der Waals surface area contributed by atoms with Gasteiger partial charge in [-0.1, -0.05) is 5.10 Å². The Kier molecular flexibility index (Phi) is 2.09. The number of aromatic nitrogens is 2. The van der Waals surface area contributed by atoms with Crippen LogP contribution in [0.5, 0.6) is 6.08 Å². The van der Waals surface area contributed by atoms with E-state index in [-0.39, 0.29) is 0 Å². The van der Waals surface area contributed by atoms with Crippen LogP contribution in [-0.4, -0.2) is 22.3 Å². The zero-order valence-electron chi connectivity index (χ0n) is 5.71. The van der Waals surface area contributed by atoms with Gasteiger partial charge in [0.2, 0.25) is 0 Å². The molecule has 0 aliphatic heterocycles. The maximum absolute atomic E-state index is 11.5. The number of halogens is 3. The molecule has 0 fully saturated rings. The van der Waals surface area contributed by atoms with Crippen LogP contribution < -0.4 is 10.5 Å². The number of nitrogens with one attached hydrogen (secondary N) is 1. The summed E-state index contributed by atoms with van der Waals surface area (Å²) in [5.74, 6) is -3.63. The van der Waals surface area contributed by atoms with E-state index in [1.54, 1.807) is 5.10 Å². The molecule has 13 heavy (non-hydrogen) atoms. The second-order valence-electron chi connectivity index (χ2n) is 1.77. The maximum Gasteiger partial charge on any atom is 0.491 e. The quantitative estimate of drug-likeness (QED) is 0.633. The average molecular weight is 198 g/mol. The van der Waals surface area contributed by atoms with Gasteiger partial charge in [0, 0.05) is 0 Å². The van der Waals surface area contributed by atoms with E-state index in [0.717, 1.165) is 0 Å². The van der Waals surface area contributed by atoms with E-state index >= 15 is 0 Å². The van der Waals surface area contributed by atoms with Crippen LogP contribution in [0, 0.1) is 0 Å². The molecule has 0 aliphatic rings. The minimum absolute atomic E-state index is 1.08. The minimum Gasteiger partial charge on any atom is -0.369 e. The molecule has 0 aliphatic carbocycles. The lowest BCUT2D eigenvalue weighted by atomic mass is 10.7. The number of hydrogen-bond acceptors (Lipinski definition) is 5. The van der Waals surface area contributed by atoms with E-state index < -0.39 is 24.0 Å². The largest absolute Gasteiger partial charge is 0.491 e. The summed E-state index contributed by atoms with van der Waals surface area (Å²) >= 11 is 0. The standard InChI is InChI=1S/C4HF3N2O4/c5-4(6,7)1(10)12-3-9-8-2(11)13-3/h(H,8,11). The molecule has 1 aromatic rings. The van der Waals surface area contributed by atoms with Gasteiger partial charge in [0.05, 0.1) is 0 Å². The van der Waals surface area contributed by atoms with E-state index in [9.17, 15) is 22.8 Å². The van der Waals surface area contributed by atoms with E-state index in [1.807, 2.05) is 0 Å². The first kappa shape index (κ1) is 9.29. The second kappa shape index (κ2) is 2.92. The predicted octanol–water partition coefficient (Wildman–Crippen LogP) is -0.169. The molecule has 0 atom stereocenters. The molecule has 1 N–H and O–H groups in total. The summed E-state index contributed by atoms with van der Waals surface area (Å²) in [6.07, 6.45) is -6.23. The third-order valence-electron chi connectivity index (χ3n) is 0.830. The van der Waals surface area contributed by atoms with Crippen LogP contribution in [0.15, 0.2) is 9.21 Å². The van der Waals surface area contributed by atoms with Gasteiger partial charge >= 0.3 is 24.0 Å². The molecule has 0 radical (unpaired) electrons. The van der Waals surface area contributed by atoms with Crippen molar-refractivity contribution in [2.24, 2.45) is 0 Å². The van der Waals surface area contributed by atoms with E-state index in [2.05, 4.69) is 14.3 Å². The third kappa shape index (κ3) is 2.32. The summed E-state index contributed by atoms with van der Waals surface area (Å²) in [4.78, 5) is 20.2. The summed E-state index contributed by atoms with van der Waals surface area (Å²) in [6, 6.07) is 0. The van der Waals surface area contributed by atoms with E-state index in [1.165, 1.54) is 0 Å². The lowest BCUT2D eigenvalue weighted by Crippen LogP contribution is -2.28. The number of rotatable bonds is 1. The molecular formula is C4HF3N2O4. The zero-order chi connectivity index (χ0) is 10.1. The number of nitrogens with zero attached hydrogens (tertiary/aromatic N) is 1. The number of hydrogen-bond donors (Lipinski definition) is 1. The molecular weight excluding hydrogens is 197 g/mol. The van der Waals surface area contributed by atoms with Gasteiger partial charge in [0.15, 0.2) is 0 Å². The van der Waals surface area contributed by atoms with Gasteiger partial charge in [-0.05, 0) is 0 Å². The van der Waals surface area contributed by atoms with Gasteiger partial charge < -0.3 is 9.15 Å². The van der Waals surface area contributed by atoms with Crippen molar-refractivity contribution >= 4 is 5.97 Å². The van der Waals surface area contributed by atoms with Crippen molar-refractivity contribution in [3.05, 3.63) is 10.6 Å². The van der Waals surface area contributed by atoms with Crippen molar-refractivity contribution in [3.8, 4) is 6.08 Å². The second-order valence-corrected chi connectivity index (χ2v) is 1.77. The molecule has 72 valence electrons. The Labute approximate surface area is 67.3 Å². The van der Waals surface area contributed by atoms with Crippen molar-refractivity contribution in [2.45, 2.75) is 6.18 Å². The highest BCUT2D eigenvalue weighted by Crippen LogP contribution is 2.17. The van der Waals surface area contributed by atoms with Crippen molar-refractivity contribution in [3.63, 3.8) is 0 Å². The van der Waals surface area contributed by atoms with Gasteiger partial charge in [-0.15, -0.1) is 0 Å². The van der Waals surface area contributed by atoms with Crippen LogP contribution in [0.4, 0.5) is 13.2 Å². The first-order valence-electron chi connectivity index (χ1n) is 2.74. The minimum atomic E-state index is -5.16. The molecule has 0 saturated heterocycles. The summed E-state index contributed by atoms with van der Waals surface area (Å²) in [6.45, 7) is 0. The topological polar surface area (TPSA) is 85.2 Å². The smallest absolute Gasteiger partial charge is 0.369 e. The number of ether oxygens (including phenoxy) is 1. The highest BCUT2D eigenvalue weighted by Gasteiger charge is 2.42. The normalized spacial score (nSPS) is 11.3. The van der Waals surface area contributed by atoms with E-state index in [0.29, 0.717) is 0 Å². The average Bonchev–Trinajstić information content (AvgIpc) is 2.33. The van der Waals surface area contributed by atoms with Crippen LogP contribution in [0.3, 0.4) is 0 Å². The molecule has 6 nitrogen and oxygen atoms in total. The van der Waals surface area contributed by atoms with Crippen LogP contribution in [0.1, 0.15) is 0 Å². The third-order valence-corrected chi connectivity index (χ3v) is 0.830. The van der Waals surface area contributed by atoms with Gasteiger partial charge in [-0.2, -0.15) is 13.2 Å². The molecule has 1 aromatic heterocycles. The molecule has 0 amide bonds. The Bertz CT molecular complexity index is 364. The SMILES string of the molecule is O=C(Oc1n[nH]c(=O)o1)C(F)(F)F. The van der Waals surface area contributed by atoms with Crippen molar-refractivity contribution in [1.82, 2.24) is 10.2 Å². The maximum atomic E-state index is 11.5. The summed E-state index contributed by atoms with van der Waals surface area (Å²) < 4.78 is 41.9. The predicted molar refractivity (Wildman–Crippen MR) is 28.8 cm³/mol. The molecule has 0 saturated carbocycles. The van der Waals surface area contributed by atoms with Crippen LogP contribution in [0.25, 0.3) is 0 Å². The molecule has 1 rings (SSSR count). The fourth-order valence-electron chi connectivity index (χ4n) is 0.397. The zero-order valence-corrected chi connectivity index (χ0v) is 5.71. The van der Waals surface area contributed by atoms with Crippen LogP contribution >= 0.6 is 0 Å². The summed E-state index contributed by atoms with van der Waals surface area (Å²) in [5, 5.41) is 4.43. The number of esters is 1. The van der Waals surface area contributed by atoms with Crippen molar-refractivity contribution in [1.29, 1.82) is 0 Å². The molecule has 0 spiro atoms. The number of H-pyrrole nitrogens is 1. The van der Waals surface area contributed by atoms with Gasteiger partial charge in [0.25, 0.3) is 0 Å². The summed E-state index contributed by atoms with van der Waals surface area (Å²) in [7, 11) is 0. The van der Waals surface area contributed by atoms with E-state index in [4.69, 9.17) is 0 Å². The number of carbonyl (C=O) groups excluding carboxylic acids is 1. The number of alkyl halides is 3. The highest BCUT2D eigenvalue weighted by atomic mass is 19.4. The Balaban J connectivity index is 2.71. The highest BCUT2D eigenvalue weighted by molar-refractivity contribution is 5.77.